The normalized spacial score (nSPS) is 13.5. The zero-order valence-corrected chi connectivity index (χ0v) is 11.3. The standard InChI is InChI=1S/C16H17FN2O/c1-16(15(18)20,19-14-8-3-2-4-9-14)11-12-6-5-7-13(17)10-12/h2-10,19H,11H2,1H3,(H2,18,20). The van der Waals surface area contributed by atoms with E-state index in [2.05, 4.69) is 5.32 Å². The Hall–Kier alpha value is -2.36. The third-order valence-corrected chi connectivity index (χ3v) is 3.18. The summed E-state index contributed by atoms with van der Waals surface area (Å²) in [6.45, 7) is 1.72. The number of amides is 1. The van der Waals surface area contributed by atoms with Gasteiger partial charge in [0.05, 0.1) is 0 Å². The number of anilines is 1. The fraction of sp³-hybridized carbons (Fsp3) is 0.188. The molecule has 0 bridgehead atoms. The van der Waals surface area contributed by atoms with Gasteiger partial charge in [0, 0.05) is 12.1 Å². The number of nitrogens with one attached hydrogen (secondary N) is 1. The smallest absolute Gasteiger partial charge is 0.243 e. The summed E-state index contributed by atoms with van der Waals surface area (Å²) >= 11 is 0. The molecule has 0 aliphatic rings. The van der Waals surface area contributed by atoms with Gasteiger partial charge in [-0.3, -0.25) is 4.79 Å². The molecule has 0 aliphatic heterocycles. The summed E-state index contributed by atoms with van der Waals surface area (Å²) in [7, 11) is 0. The van der Waals surface area contributed by atoms with E-state index < -0.39 is 11.4 Å². The van der Waals surface area contributed by atoms with Gasteiger partial charge in [-0.1, -0.05) is 30.3 Å². The lowest BCUT2D eigenvalue weighted by Gasteiger charge is -2.28. The molecule has 20 heavy (non-hydrogen) atoms. The molecule has 0 aliphatic carbocycles. The maximum absolute atomic E-state index is 13.2. The number of rotatable bonds is 5. The first kappa shape index (κ1) is 14.1. The molecular formula is C16H17FN2O. The lowest BCUT2D eigenvalue weighted by molar-refractivity contribution is -0.121. The van der Waals surface area contributed by atoms with Gasteiger partial charge >= 0.3 is 0 Å². The van der Waals surface area contributed by atoms with Gasteiger partial charge in [-0.05, 0) is 36.8 Å². The predicted molar refractivity (Wildman–Crippen MR) is 77.8 cm³/mol. The van der Waals surface area contributed by atoms with Crippen LogP contribution in [0.15, 0.2) is 54.6 Å². The Morgan fingerprint density at radius 1 is 1.20 bits per heavy atom. The summed E-state index contributed by atoms with van der Waals surface area (Å²) in [6, 6.07) is 15.5. The average Bonchev–Trinajstić information content (AvgIpc) is 2.39. The molecule has 1 atom stereocenters. The molecule has 4 heteroatoms. The van der Waals surface area contributed by atoms with E-state index in [0.29, 0.717) is 6.42 Å². The van der Waals surface area contributed by atoms with Crippen LogP contribution >= 0.6 is 0 Å². The van der Waals surface area contributed by atoms with Crippen LogP contribution in [0.2, 0.25) is 0 Å². The monoisotopic (exact) mass is 272 g/mol. The first-order valence-electron chi connectivity index (χ1n) is 6.37. The van der Waals surface area contributed by atoms with Crippen LogP contribution in [-0.2, 0) is 11.2 Å². The molecule has 2 aromatic rings. The van der Waals surface area contributed by atoms with Crippen LogP contribution in [-0.4, -0.2) is 11.4 Å². The lowest BCUT2D eigenvalue weighted by Crippen LogP contribution is -2.49. The second-order valence-corrected chi connectivity index (χ2v) is 4.99. The zero-order valence-electron chi connectivity index (χ0n) is 11.3. The molecule has 0 saturated carbocycles. The first-order valence-corrected chi connectivity index (χ1v) is 6.37. The molecule has 0 aromatic heterocycles. The zero-order chi connectivity index (χ0) is 14.6. The Bertz CT molecular complexity index is 600. The van der Waals surface area contributed by atoms with E-state index in [1.54, 1.807) is 19.1 Å². The third-order valence-electron chi connectivity index (χ3n) is 3.18. The van der Waals surface area contributed by atoms with Crippen LogP contribution in [0.3, 0.4) is 0 Å². The molecule has 3 nitrogen and oxygen atoms in total. The molecule has 0 radical (unpaired) electrons. The van der Waals surface area contributed by atoms with Gasteiger partial charge in [-0.25, -0.2) is 4.39 Å². The number of hydrogen-bond acceptors (Lipinski definition) is 2. The van der Waals surface area contributed by atoms with Gasteiger partial charge in [0.25, 0.3) is 0 Å². The van der Waals surface area contributed by atoms with E-state index >= 15 is 0 Å². The fourth-order valence-electron chi connectivity index (χ4n) is 2.09. The van der Waals surface area contributed by atoms with E-state index in [1.807, 2.05) is 30.3 Å². The highest BCUT2D eigenvalue weighted by Crippen LogP contribution is 2.20. The van der Waals surface area contributed by atoms with Crippen molar-refractivity contribution < 1.29 is 9.18 Å². The van der Waals surface area contributed by atoms with Crippen molar-refractivity contribution in [3.8, 4) is 0 Å². The predicted octanol–water partition coefficient (Wildman–Crippen LogP) is 2.72. The quantitative estimate of drug-likeness (QED) is 0.879. The molecule has 2 rings (SSSR count). The number of halogens is 1. The van der Waals surface area contributed by atoms with Crippen LogP contribution in [0.4, 0.5) is 10.1 Å². The summed E-state index contributed by atoms with van der Waals surface area (Å²) < 4.78 is 13.2. The van der Waals surface area contributed by atoms with E-state index in [1.165, 1.54) is 12.1 Å². The molecule has 0 saturated heterocycles. The molecule has 0 heterocycles. The summed E-state index contributed by atoms with van der Waals surface area (Å²) in [5.41, 5.74) is 6.05. The number of carbonyl (C=O) groups excluding carboxylic acids is 1. The van der Waals surface area contributed by atoms with E-state index in [4.69, 9.17) is 5.73 Å². The van der Waals surface area contributed by atoms with Crippen molar-refractivity contribution in [2.45, 2.75) is 18.9 Å². The van der Waals surface area contributed by atoms with E-state index in [-0.39, 0.29) is 5.82 Å². The summed E-state index contributed by atoms with van der Waals surface area (Å²) in [6.07, 6.45) is 0.314. The van der Waals surface area contributed by atoms with Crippen LogP contribution in [0.25, 0.3) is 0 Å². The van der Waals surface area contributed by atoms with E-state index in [0.717, 1.165) is 11.3 Å². The number of para-hydroxylation sites is 1. The molecule has 1 amide bonds. The Morgan fingerprint density at radius 3 is 2.50 bits per heavy atom. The molecule has 0 spiro atoms. The Morgan fingerprint density at radius 2 is 1.90 bits per heavy atom. The van der Waals surface area contributed by atoms with Gasteiger partial charge in [-0.15, -0.1) is 0 Å². The topological polar surface area (TPSA) is 55.1 Å². The molecule has 2 aromatic carbocycles. The molecule has 104 valence electrons. The maximum atomic E-state index is 13.2. The number of carbonyl (C=O) groups is 1. The lowest BCUT2D eigenvalue weighted by atomic mass is 9.91. The SMILES string of the molecule is CC(Cc1cccc(F)c1)(Nc1ccccc1)C(N)=O. The third kappa shape index (κ3) is 3.35. The van der Waals surface area contributed by atoms with Crippen molar-refractivity contribution in [3.05, 3.63) is 66.0 Å². The first-order chi connectivity index (χ1) is 9.49. The van der Waals surface area contributed by atoms with Crippen LogP contribution in [0.1, 0.15) is 12.5 Å². The van der Waals surface area contributed by atoms with Crippen molar-refractivity contribution in [1.29, 1.82) is 0 Å². The Labute approximate surface area is 117 Å². The minimum absolute atomic E-state index is 0.314. The Balaban J connectivity index is 2.23. The molecule has 3 N–H and O–H groups in total. The summed E-state index contributed by atoms with van der Waals surface area (Å²) in [4.78, 5) is 11.8. The van der Waals surface area contributed by atoms with Crippen molar-refractivity contribution in [3.63, 3.8) is 0 Å². The van der Waals surface area contributed by atoms with Gasteiger partial charge in [0.2, 0.25) is 5.91 Å². The van der Waals surface area contributed by atoms with Crippen molar-refractivity contribution >= 4 is 11.6 Å². The Kier molecular flexibility index (Phi) is 4.03. The highest BCUT2D eigenvalue weighted by atomic mass is 19.1. The van der Waals surface area contributed by atoms with Gasteiger partial charge < -0.3 is 11.1 Å². The number of hydrogen-bond donors (Lipinski definition) is 2. The minimum Gasteiger partial charge on any atom is -0.371 e. The minimum atomic E-state index is -0.977. The van der Waals surface area contributed by atoms with Crippen LogP contribution < -0.4 is 11.1 Å². The van der Waals surface area contributed by atoms with Gasteiger partial charge in [-0.2, -0.15) is 0 Å². The average molecular weight is 272 g/mol. The summed E-state index contributed by atoms with van der Waals surface area (Å²) in [5, 5.41) is 3.13. The van der Waals surface area contributed by atoms with Crippen molar-refractivity contribution in [1.82, 2.24) is 0 Å². The van der Waals surface area contributed by atoms with Gasteiger partial charge in [0.1, 0.15) is 11.4 Å². The van der Waals surface area contributed by atoms with Crippen molar-refractivity contribution in [2.24, 2.45) is 5.73 Å². The van der Waals surface area contributed by atoms with E-state index in [9.17, 15) is 9.18 Å². The number of nitrogens with two attached hydrogens (primary N) is 1. The molecule has 1 unspecified atom stereocenters. The number of benzene rings is 2. The van der Waals surface area contributed by atoms with Crippen molar-refractivity contribution in [2.75, 3.05) is 5.32 Å². The second kappa shape index (κ2) is 5.74. The van der Waals surface area contributed by atoms with Crippen LogP contribution in [0, 0.1) is 5.82 Å². The molecule has 0 fully saturated rings. The molecular weight excluding hydrogens is 255 g/mol. The van der Waals surface area contributed by atoms with Gasteiger partial charge in [0.15, 0.2) is 0 Å². The second-order valence-electron chi connectivity index (χ2n) is 4.99. The summed E-state index contributed by atoms with van der Waals surface area (Å²) in [5.74, 6) is -0.806. The maximum Gasteiger partial charge on any atom is 0.243 e. The largest absolute Gasteiger partial charge is 0.371 e. The van der Waals surface area contributed by atoms with Crippen LogP contribution in [0.5, 0.6) is 0 Å². The highest BCUT2D eigenvalue weighted by Gasteiger charge is 2.31. The fourth-order valence-corrected chi connectivity index (χ4v) is 2.09. The number of primary amides is 1. The highest BCUT2D eigenvalue weighted by molar-refractivity contribution is 5.87.